The van der Waals surface area contributed by atoms with Crippen LogP contribution < -0.4 is 9.80 Å². The van der Waals surface area contributed by atoms with Crippen LogP contribution in [-0.4, -0.2) is 0 Å². The maximum absolute atomic E-state index is 7.15. The third kappa shape index (κ3) is 6.11. The molecule has 0 N–H and O–H groups in total. The first-order valence-corrected chi connectivity index (χ1v) is 27.1. The second-order valence-corrected chi connectivity index (χ2v) is 22.7. The van der Waals surface area contributed by atoms with Crippen LogP contribution in [0, 0.1) is 0 Å². The third-order valence-electron chi connectivity index (χ3n) is 16.9. The summed E-state index contributed by atoms with van der Waals surface area (Å²) in [6.45, 7) is 6.96. The summed E-state index contributed by atoms with van der Waals surface area (Å²) in [7, 11) is 0. The molecule has 0 amide bonds. The van der Waals surface area contributed by atoms with Crippen LogP contribution in [0.1, 0.15) is 70.8 Å². The van der Waals surface area contributed by atoms with Crippen LogP contribution in [-0.2, 0) is 16.2 Å². The zero-order valence-electron chi connectivity index (χ0n) is 42.3. The van der Waals surface area contributed by atoms with Crippen molar-refractivity contribution < 1.29 is 0 Å². The van der Waals surface area contributed by atoms with Gasteiger partial charge in [0.1, 0.15) is 0 Å². The Morgan fingerprint density at radius 3 is 0.895 bits per heavy atom. The first kappa shape index (κ1) is 45.0. The molecule has 76 heavy (non-hydrogen) atoms. The van der Waals surface area contributed by atoms with Crippen molar-refractivity contribution in [3.05, 3.63) is 309 Å². The number of anilines is 6. The molecule has 0 saturated carbocycles. The van der Waals surface area contributed by atoms with Gasteiger partial charge in [0, 0.05) is 43.9 Å². The Morgan fingerprint density at radius 1 is 0.289 bits per heavy atom. The van der Waals surface area contributed by atoms with Crippen molar-refractivity contribution in [1.29, 1.82) is 0 Å². The molecule has 4 heteroatoms. The van der Waals surface area contributed by atoms with Crippen molar-refractivity contribution in [3.8, 4) is 44.5 Å². The van der Waals surface area contributed by atoms with Gasteiger partial charge in [0.05, 0.1) is 22.2 Å². The van der Waals surface area contributed by atoms with E-state index in [0.717, 1.165) is 34.1 Å². The molecule has 4 aliphatic rings. The Kier molecular flexibility index (Phi) is 9.81. The van der Waals surface area contributed by atoms with E-state index in [9.17, 15) is 0 Å². The highest BCUT2D eigenvalue weighted by Crippen LogP contribution is 2.67. The number of fused-ring (bicyclic) bond motifs is 20. The Hall–Kier alpha value is -8.40. The molecule has 0 fully saturated rings. The highest BCUT2D eigenvalue weighted by atomic mass is 35.5. The average molecular weight is 1010 g/mol. The summed E-state index contributed by atoms with van der Waals surface area (Å²) in [6, 6.07) is 92.0. The highest BCUT2D eigenvalue weighted by molar-refractivity contribution is 6.31. The summed E-state index contributed by atoms with van der Waals surface area (Å²) in [4.78, 5) is 4.96. The van der Waals surface area contributed by atoms with Crippen LogP contribution in [0.5, 0.6) is 0 Å². The molecule has 0 heterocycles. The van der Waals surface area contributed by atoms with E-state index >= 15 is 0 Å². The van der Waals surface area contributed by atoms with E-state index in [2.05, 4.69) is 267 Å². The SMILES string of the molecule is CC(C)(C)c1cc(N(c2cccc(Cl)c2)c2cccc3c2C2(c4ccccc4-c4ccccc42)c2ccccc2-3)cc(N(c2cccc(Cl)c2)c2cccc3c2C2(c4ccccc4-c4ccccc42)c2ccccc2-3)c1. The molecule has 4 aliphatic carbocycles. The standard InChI is InChI=1S/C72H50Cl2N2/c1-70(2,3)45-40-50(75(48-22-16-20-46(73)42-48)66-38-18-30-58-56-28-8-14-36-64(56)71(68(58)66)60-32-10-4-24-52(60)53-25-5-11-33-61(53)71)44-51(41-45)76(49-23-17-21-47(74)43-49)67-39-19-31-59-57-29-9-15-37-65(57)72(69(59)67)62-34-12-6-26-54(62)55-27-7-13-35-63(55)72/h4-44H,1-3H3. The van der Waals surface area contributed by atoms with Crippen molar-refractivity contribution in [1.82, 2.24) is 0 Å². The van der Waals surface area contributed by atoms with E-state index in [4.69, 9.17) is 23.2 Å². The zero-order chi connectivity index (χ0) is 51.1. The molecule has 0 aromatic heterocycles. The van der Waals surface area contributed by atoms with Crippen molar-refractivity contribution in [2.45, 2.75) is 37.0 Å². The van der Waals surface area contributed by atoms with Crippen molar-refractivity contribution >= 4 is 57.3 Å². The lowest BCUT2D eigenvalue weighted by Crippen LogP contribution is -2.29. The van der Waals surface area contributed by atoms with E-state index < -0.39 is 10.8 Å². The lowest BCUT2D eigenvalue weighted by molar-refractivity contribution is 0.590. The number of nitrogens with zero attached hydrogens (tertiary/aromatic N) is 2. The predicted molar refractivity (Wildman–Crippen MR) is 317 cm³/mol. The van der Waals surface area contributed by atoms with Crippen molar-refractivity contribution in [2.24, 2.45) is 0 Å². The van der Waals surface area contributed by atoms with Gasteiger partial charge in [0.25, 0.3) is 0 Å². The molecule has 0 unspecified atom stereocenters. The summed E-state index contributed by atoms with van der Waals surface area (Å²) in [5, 5.41) is 1.33. The van der Waals surface area contributed by atoms with Gasteiger partial charge in [-0.05, 0) is 156 Å². The molecule has 0 saturated heterocycles. The molecule has 362 valence electrons. The summed E-state index contributed by atoms with van der Waals surface area (Å²) in [5.74, 6) is 0. The maximum Gasteiger partial charge on any atom is 0.0746 e. The Bertz CT molecular complexity index is 3850. The van der Waals surface area contributed by atoms with Gasteiger partial charge in [-0.2, -0.15) is 0 Å². The summed E-state index contributed by atoms with van der Waals surface area (Å²) in [6.07, 6.45) is 0. The minimum atomic E-state index is -0.606. The number of hydrogen-bond donors (Lipinski definition) is 0. The molecule has 11 aromatic rings. The number of benzene rings is 11. The number of halogens is 2. The predicted octanol–water partition coefficient (Wildman–Crippen LogP) is 19.9. The van der Waals surface area contributed by atoms with Gasteiger partial charge in [-0.3, -0.25) is 0 Å². The average Bonchev–Trinajstić information content (AvgIpc) is 4.04. The van der Waals surface area contributed by atoms with E-state index in [-0.39, 0.29) is 5.41 Å². The lowest BCUT2D eigenvalue weighted by Gasteiger charge is -2.38. The largest absolute Gasteiger partial charge is 0.310 e. The molecule has 0 bridgehead atoms. The Morgan fingerprint density at radius 2 is 0.579 bits per heavy atom. The molecule has 11 aromatic carbocycles. The summed E-state index contributed by atoms with van der Waals surface area (Å²) in [5.41, 5.74) is 26.1. The molecule has 2 spiro atoms. The van der Waals surface area contributed by atoms with Gasteiger partial charge in [-0.15, -0.1) is 0 Å². The molecule has 0 aliphatic heterocycles. The fourth-order valence-electron chi connectivity index (χ4n) is 14.0. The normalized spacial score (nSPS) is 14.1. The Labute approximate surface area is 454 Å². The second kappa shape index (κ2) is 16.5. The first-order valence-electron chi connectivity index (χ1n) is 26.3. The van der Waals surface area contributed by atoms with Gasteiger partial charge in [-0.25, -0.2) is 0 Å². The summed E-state index contributed by atoms with van der Waals surface area (Å²) < 4.78 is 0. The van der Waals surface area contributed by atoms with Crippen molar-refractivity contribution in [2.75, 3.05) is 9.80 Å². The third-order valence-corrected chi connectivity index (χ3v) is 17.4. The maximum atomic E-state index is 7.15. The molecule has 0 radical (unpaired) electrons. The van der Waals surface area contributed by atoms with E-state index in [1.807, 2.05) is 12.1 Å². The van der Waals surface area contributed by atoms with Gasteiger partial charge >= 0.3 is 0 Å². The zero-order valence-corrected chi connectivity index (χ0v) is 43.8. The van der Waals surface area contributed by atoms with Crippen LogP contribution in [0.3, 0.4) is 0 Å². The lowest BCUT2D eigenvalue weighted by atomic mass is 9.70. The minimum absolute atomic E-state index is 0.274. The second-order valence-electron chi connectivity index (χ2n) is 21.8. The Balaban J connectivity index is 1.04. The highest BCUT2D eigenvalue weighted by Gasteiger charge is 2.55. The van der Waals surface area contributed by atoms with E-state index in [1.165, 1.54) is 94.6 Å². The topological polar surface area (TPSA) is 6.48 Å². The fourth-order valence-corrected chi connectivity index (χ4v) is 14.4. The van der Waals surface area contributed by atoms with Gasteiger partial charge in [0.2, 0.25) is 0 Å². The van der Waals surface area contributed by atoms with Crippen LogP contribution in [0.25, 0.3) is 44.5 Å². The monoisotopic (exact) mass is 1010 g/mol. The van der Waals surface area contributed by atoms with E-state index in [1.54, 1.807) is 0 Å². The quantitative estimate of drug-likeness (QED) is 0.164. The number of hydrogen-bond acceptors (Lipinski definition) is 2. The molecule has 0 atom stereocenters. The summed E-state index contributed by atoms with van der Waals surface area (Å²) >= 11 is 14.3. The van der Waals surface area contributed by atoms with Gasteiger partial charge in [0.15, 0.2) is 0 Å². The smallest absolute Gasteiger partial charge is 0.0746 e. The molecule has 2 nitrogen and oxygen atoms in total. The first-order chi connectivity index (χ1) is 37.2. The van der Waals surface area contributed by atoms with Crippen LogP contribution in [0.15, 0.2) is 249 Å². The molecule has 15 rings (SSSR count). The van der Waals surface area contributed by atoms with Crippen LogP contribution >= 0.6 is 23.2 Å². The van der Waals surface area contributed by atoms with Crippen LogP contribution in [0.2, 0.25) is 10.0 Å². The van der Waals surface area contributed by atoms with E-state index in [0.29, 0.717) is 10.0 Å². The number of rotatable bonds is 6. The fraction of sp³-hybridized carbons (Fsp3) is 0.0833. The van der Waals surface area contributed by atoms with Gasteiger partial charge < -0.3 is 9.80 Å². The van der Waals surface area contributed by atoms with Gasteiger partial charge in [-0.1, -0.05) is 226 Å². The minimum Gasteiger partial charge on any atom is -0.310 e. The van der Waals surface area contributed by atoms with Crippen molar-refractivity contribution in [3.63, 3.8) is 0 Å². The molecular weight excluding hydrogens is 964 g/mol. The van der Waals surface area contributed by atoms with Crippen LogP contribution in [0.4, 0.5) is 34.1 Å². The molecular formula is C72H50Cl2N2.